The molecule has 0 saturated heterocycles. The predicted octanol–water partition coefficient (Wildman–Crippen LogP) is 6.99. The smallest absolute Gasteiger partial charge is 0.417 e. The van der Waals surface area contributed by atoms with Gasteiger partial charge < -0.3 is 4.74 Å². The monoisotopic (exact) mass is 459 g/mol. The number of nitrogens with zero attached hydrogens (tertiary/aromatic N) is 1. The van der Waals surface area contributed by atoms with Crippen LogP contribution >= 0.6 is 0 Å². The minimum Gasteiger partial charge on any atom is -0.462 e. The third kappa shape index (κ3) is 3.55. The predicted molar refractivity (Wildman–Crippen MR) is 120 cm³/mol. The van der Waals surface area contributed by atoms with Crippen LogP contribution in [-0.4, -0.2) is 17.1 Å². The largest absolute Gasteiger partial charge is 0.462 e. The van der Waals surface area contributed by atoms with Crippen molar-refractivity contribution in [2.24, 2.45) is 28.6 Å². The highest BCUT2D eigenvalue weighted by Crippen LogP contribution is 2.66. The van der Waals surface area contributed by atoms with Gasteiger partial charge in [0, 0.05) is 31.3 Å². The average Bonchev–Trinajstić information content (AvgIpc) is 3.10. The molecule has 6 atom stereocenters. The fourth-order valence-electron chi connectivity index (χ4n) is 7.80. The van der Waals surface area contributed by atoms with Crippen LogP contribution in [0.2, 0.25) is 0 Å². The molecule has 0 aromatic carbocycles. The van der Waals surface area contributed by atoms with Crippen molar-refractivity contribution in [1.29, 1.82) is 0 Å². The number of rotatable bonds is 2. The summed E-state index contributed by atoms with van der Waals surface area (Å²) in [4.78, 5) is 15.5. The molecule has 2 saturated carbocycles. The van der Waals surface area contributed by atoms with Crippen molar-refractivity contribution in [3.8, 4) is 0 Å². The third-order valence-corrected chi connectivity index (χ3v) is 9.39. The lowest BCUT2D eigenvalue weighted by Crippen LogP contribution is -2.50. The number of carbonyl (C=O) groups excluding carboxylic acids is 1. The number of esters is 1. The molecule has 33 heavy (non-hydrogen) atoms. The van der Waals surface area contributed by atoms with Gasteiger partial charge in [0.05, 0.1) is 5.56 Å². The van der Waals surface area contributed by atoms with Crippen molar-refractivity contribution in [1.82, 2.24) is 4.98 Å². The van der Waals surface area contributed by atoms with Crippen molar-refractivity contribution >= 4 is 11.5 Å². The normalized spacial score (nSPS) is 37.9. The molecule has 0 bridgehead atoms. The Hall–Kier alpha value is -2.11. The maximum Gasteiger partial charge on any atom is 0.417 e. The van der Waals surface area contributed by atoms with Crippen LogP contribution in [0.4, 0.5) is 13.2 Å². The Bertz CT molecular complexity index is 1030. The number of hydrogen-bond donors (Lipinski definition) is 0. The van der Waals surface area contributed by atoms with Crippen LogP contribution in [0, 0.1) is 28.6 Å². The van der Waals surface area contributed by atoms with Gasteiger partial charge in [-0.05, 0) is 78.7 Å². The number of carbonyl (C=O) groups is 1. The summed E-state index contributed by atoms with van der Waals surface area (Å²) in [5.74, 6) is 1.11. The molecule has 0 amide bonds. The Kier molecular flexibility index (Phi) is 5.30. The maximum atomic E-state index is 13.8. The number of pyridine rings is 1. The Morgan fingerprint density at radius 3 is 2.58 bits per heavy atom. The highest BCUT2D eigenvalue weighted by molar-refractivity contribution is 5.75. The van der Waals surface area contributed by atoms with Crippen LogP contribution in [0.3, 0.4) is 0 Å². The van der Waals surface area contributed by atoms with Gasteiger partial charge in [-0.1, -0.05) is 31.6 Å². The van der Waals surface area contributed by atoms with E-state index in [-0.39, 0.29) is 28.5 Å². The lowest BCUT2D eigenvalue weighted by atomic mass is 9.47. The molecule has 6 heteroatoms. The summed E-state index contributed by atoms with van der Waals surface area (Å²) in [6, 6.07) is 1.11. The van der Waals surface area contributed by atoms with E-state index in [0.29, 0.717) is 17.8 Å². The van der Waals surface area contributed by atoms with Crippen LogP contribution in [-0.2, 0) is 15.7 Å². The third-order valence-electron chi connectivity index (χ3n) is 9.39. The van der Waals surface area contributed by atoms with Gasteiger partial charge in [-0.3, -0.25) is 9.78 Å². The Morgan fingerprint density at radius 1 is 1.09 bits per heavy atom. The summed E-state index contributed by atoms with van der Waals surface area (Å²) in [5.41, 5.74) is 1.77. The first kappa shape index (κ1) is 22.7. The fourth-order valence-corrected chi connectivity index (χ4v) is 7.80. The zero-order valence-electron chi connectivity index (χ0n) is 19.5. The van der Waals surface area contributed by atoms with E-state index in [0.717, 1.165) is 56.6 Å². The van der Waals surface area contributed by atoms with Crippen molar-refractivity contribution in [2.45, 2.75) is 78.0 Å². The SMILES string of the molecule is CC(=O)O[C@H]1CC[C@@]2(C)C(=CC[C@@H]3[C@@H]2CC[C@]2(C)C(c4cnccc4C(F)(F)F)=CC[C@@H]32)C1. The van der Waals surface area contributed by atoms with Gasteiger partial charge in [0.15, 0.2) is 0 Å². The van der Waals surface area contributed by atoms with E-state index in [1.807, 2.05) is 0 Å². The van der Waals surface area contributed by atoms with Crippen LogP contribution in [0.15, 0.2) is 36.2 Å². The summed E-state index contributed by atoms with van der Waals surface area (Å²) in [6.45, 7) is 6.02. The van der Waals surface area contributed by atoms with E-state index in [1.165, 1.54) is 24.9 Å². The minimum absolute atomic E-state index is 0.0293. The zero-order valence-corrected chi connectivity index (χ0v) is 19.5. The summed E-state index contributed by atoms with van der Waals surface area (Å²) in [5, 5.41) is 0. The first-order chi connectivity index (χ1) is 15.5. The second kappa shape index (κ2) is 7.71. The van der Waals surface area contributed by atoms with Gasteiger partial charge in [-0.25, -0.2) is 0 Å². The highest BCUT2D eigenvalue weighted by Gasteiger charge is 2.57. The molecule has 1 aromatic heterocycles. The van der Waals surface area contributed by atoms with Crippen molar-refractivity contribution in [3.05, 3.63) is 47.3 Å². The maximum absolute atomic E-state index is 13.8. The number of allylic oxidation sites excluding steroid dienone is 3. The molecule has 0 unspecified atom stereocenters. The Labute approximate surface area is 193 Å². The van der Waals surface area contributed by atoms with E-state index >= 15 is 0 Å². The molecule has 1 aromatic rings. The molecule has 2 fully saturated rings. The van der Waals surface area contributed by atoms with E-state index in [2.05, 4.69) is 31.0 Å². The molecule has 1 heterocycles. The fraction of sp³-hybridized carbons (Fsp3) is 0.630. The lowest BCUT2D eigenvalue weighted by molar-refractivity contribution is -0.148. The summed E-state index contributed by atoms with van der Waals surface area (Å²) >= 11 is 0. The molecule has 178 valence electrons. The van der Waals surface area contributed by atoms with E-state index in [9.17, 15) is 18.0 Å². The molecule has 4 aliphatic carbocycles. The van der Waals surface area contributed by atoms with Gasteiger partial charge in [0.1, 0.15) is 6.10 Å². The molecule has 5 rings (SSSR count). The molecular weight excluding hydrogens is 427 g/mol. The molecule has 0 spiro atoms. The lowest BCUT2D eigenvalue weighted by Gasteiger charge is -2.58. The topological polar surface area (TPSA) is 39.2 Å². The molecule has 0 radical (unpaired) electrons. The van der Waals surface area contributed by atoms with Crippen LogP contribution in [0.1, 0.15) is 76.8 Å². The highest BCUT2D eigenvalue weighted by atomic mass is 19.4. The van der Waals surface area contributed by atoms with Crippen molar-refractivity contribution in [2.75, 3.05) is 0 Å². The number of alkyl halides is 3. The molecule has 3 nitrogen and oxygen atoms in total. The van der Waals surface area contributed by atoms with Gasteiger partial charge >= 0.3 is 12.1 Å². The quantitative estimate of drug-likeness (QED) is 0.353. The first-order valence-corrected chi connectivity index (χ1v) is 12.1. The molecule has 0 N–H and O–H groups in total. The van der Waals surface area contributed by atoms with Gasteiger partial charge in [-0.15, -0.1) is 0 Å². The Balaban J connectivity index is 1.44. The van der Waals surface area contributed by atoms with Crippen molar-refractivity contribution < 1.29 is 22.7 Å². The van der Waals surface area contributed by atoms with E-state index in [1.54, 1.807) is 0 Å². The van der Waals surface area contributed by atoms with Gasteiger partial charge in [0.2, 0.25) is 0 Å². The van der Waals surface area contributed by atoms with E-state index < -0.39 is 11.7 Å². The molecular formula is C27H32F3NO2. The number of halogens is 3. The number of aromatic nitrogens is 1. The minimum atomic E-state index is -4.39. The van der Waals surface area contributed by atoms with Gasteiger partial charge in [-0.2, -0.15) is 13.2 Å². The summed E-state index contributed by atoms with van der Waals surface area (Å²) in [7, 11) is 0. The number of ether oxygens (including phenoxy) is 1. The van der Waals surface area contributed by atoms with Crippen LogP contribution < -0.4 is 0 Å². The van der Waals surface area contributed by atoms with E-state index in [4.69, 9.17) is 4.74 Å². The number of hydrogen-bond acceptors (Lipinski definition) is 3. The molecule has 0 aliphatic heterocycles. The zero-order chi connectivity index (χ0) is 23.6. The Morgan fingerprint density at radius 2 is 1.85 bits per heavy atom. The second-order valence-corrected chi connectivity index (χ2v) is 11.0. The van der Waals surface area contributed by atoms with Gasteiger partial charge in [0.25, 0.3) is 0 Å². The average molecular weight is 460 g/mol. The standard InChI is InChI=1S/C27H32F3NO2/c1-16(32)33-18-8-11-25(2)17(14-18)4-5-19-21-6-7-22(26(21,3)12-9-23(19)25)20-15-31-13-10-24(20)27(28,29)30/h4,7,10,13,15,18-19,21,23H,5-6,8-9,11-12,14H2,1-3H3/t18-,19-,21-,23-,25-,26-/m0/s1. The van der Waals surface area contributed by atoms with Crippen LogP contribution in [0.25, 0.3) is 5.57 Å². The first-order valence-electron chi connectivity index (χ1n) is 12.1. The summed E-state index contributed by atoms with van der Waals surface area (Å²) < 4.78 is 46.8. The molecule has 4 aliphatic rings. The van der Waals surface area contributed by atoms with Crippen molar-refractivity contribution in [3.63, 3.8) is 0 Å². The van der Waals surface area contributed by atoms with Crippen LogP contribution in [0.5, 0.6) is 0 Å². The second-order valence-electron chi connectivity index (χ2n) is 11.0. The number of fused-ring (bicyclic) bond motifs is 5. The summed E-state index contributed by atoms with van der Waals surface area (Å²) in [6.07, 6.45) is 9.06.